The summed E-state index contributed by atoms with van der Waals surface area (Å²) in [6.45, 7) is 0. The van der Waals surface area contributed by atoms with Crippen molar-refractivity contribution >= 4 is 42.6 Å². The minimum atomic E-state index is -4.81. The van der Waals surface area contributed by atoms with Gasteiger partial charge in [0.2, 0.25) is 0 Å². The Morgan fingerprint density at radius 3 is 2.42 bits per heavy atom. The number of nitrogens with one attached hydrogen (secondary N) is 3. The van der Waals surface area contributed by atoms with E-state index in [0.717, 1.165) is 41.7 Å². The van der Waals surface area contributed by atoms with Crippen LogP contribution >= 0.6 is 0 Å². The molecule has 0 fully saturated rings. The first-order valence-electron chi connectivity index (χ1n) is 12.0. The van der Waals surface area contributed by atoms with Gasteiger partial charge in [-0.15, -0.1) is 13.2 Å². The SMILES string of the molecule is O=C(Cc1cccc(OC(F)(F)F)c1)Nc1ccc(CCCCc2nnc(NC(=O)Nc3ccncc3)[se]2)nn1. The number of rotatable bonds is 11. The van der Waals surface area contributed by atoms with E-state index in [1.807, 2.05) is 0 Å². The first kappa shape index (κ1) is 28.6. The van der Waals surface area contributed by atoms with Gasteiger partial charge in [-0.3, -0.25) is 0 Å². The first-order valence-corrected chi connectivity index (χ1v) is 13.7. The van der Waals surface area contributed by atoms with Crippen LogP contribution in [0.5, 0.6) is 5.75 Å². The third-order valence-corrected chi connectivity index (χ3v) is 7.07. The summed E-state index contributed by atoms with van der Waals surface area (Å²) in [6, 6.07) is 11.6. The molecule has 3 heterocycles. The van der Waals surface area contributed by atoms with E-state index in [-0.39, 0.29) is 32.8 Å². The van der Waals surface area contributed by atoms with Crippen LogP contribution < -0.4 is 20.7 Å². The van der Waals surface area contributed by atoms with Crippen LogP contribution in [0.2, 0.25) is 0 Å². The molecule has 3 amide bonds. The van der Waals surface area contributed by atoms with Crippen molar-refractivity contribution in [1.29, 1.82) is 0 Å². The second-order valence-electron chi connectivity index (χ2n) is 8.35. The second kappa shape index (κ2) is 13.6. The zero-order chi connectivity index (χ0) is 28.4. The molecule has 40 heavy (non-hydrogen) atoms. The number of aromatic nitrogens is 5. The molecule has 3 N–H and O–H groups in total. The fourth-order valence-electron chi connectivity index (χ4n) is 3.47. The van der Waals surface area contributed by atoms with E-state index < -0.39 is 18.0 Å². The first-order chi connectivity index (χ1) is 19.2. The summed E-state index contributed by atoms with van der Waals surface area (Å²) in [6.07, 6.45) is 1.31. The number of unbranched alkanes of at least 4 members (excludes halogenated alkanes) is 1. The van der Waals surface area contributed by atoms with Gasteiger partial charge < -0.3 is 4.74 Å². The fraction of sp³-hybridized carbons (Fsp3) is 0.240. The van der Waals surface area contributed by atoms with Crippen molar-refractivity contribution in [1.82, 2.24) is 25.4 Å². The van der Waals surface area contributed by atoms with Crippen molar-refractivity contribution in [3.63, 3.8) is 0 Å². The normalized spacial score (nSPS) is 11.1. The molecule has 0 atom stereocenters. The van der Waals surface area contributed by atoms with Crippen LogP contribution in [0.15, 0.2) is 60.9 Å². The van der Waals surface area contributed by atoms with Crippen molar-refractivity contribution in [2.24, 2.45) is 0 Å². The summed E-state index contributed by atoms with van der Waals surface area (Å²) < 4.78 is 42.5. The molecule has 0 aliphatic carbocycles. The van der Waals surface area contributed by atoms with Crippen molar-refractivity contribution in [2.75, 3.05) is 16.0 Å². The van der Waals surface area contributed by atoms with Gasteiger partial charge in [0, 0.05) is 0 Å². The van der Waals surface area contributed by atoms with Crippen LogP contribution in [0.4, 0.5) is 34.2 Å². The van der Waals surface area contributed by atoms with Crippen molar-refractivity contribution in [2.45, 2.75) is 38.5 Å². The number of aryl methyl sites for hydroxylation is 2. The van der Waals surface area contributed by atoms with Crippen LogP contribution in [-0.4, -0.2) is 58.2 Å². The van der Waals surface area contributed by atoms with E-state index in [9.17, 15) is 22.8 Å². The number of carbonyl (C=O) groups excluding carboxylic acids is 2. The Morgan fingerprint density at radius 2 is 1.68 bits per heavy atom. The average molecular weight is 619 g/mol. The molecule has 0 saturated carbocycles. The molecular formula is C25H23F3N8O3Se. The van der Waals surface area contributed by atoms with Gasteiger partial charge in [0.25, 0.3) is 0 Å². The summed E-state index contributed by atoms with van der Waals surface area (Å²) >= 11 is -0.151. The number of amides is 3. The van der Waals surface area contributed by atoms with E-state index in [1.165, 1.54) is 12.1 Å². The van der Waals surface area contributed by atoms with E-state index in [4.69, 9.17) is 0 Å². The van der Waals surface area contributed by atoms with Crippen LogP contribution in [-0.2, 0) is 24.1 Å². The predicted molar refractivity (Wildman–Crippen MR) is 140 cm³/mol. The number of hydrogen-bond acceptors (Lipinski definition) is 8. The molecule has 0 saturated heterocycles. The molecule has 0 spiro atoms. The van der Waals surface area contributed by atoms with Gasteiger partial charge in [0.05, 0.1) is 0 Å². The number of ether oxygens (including phenoxy) is 1. The predicted octanol–water partition coefficient (Wildman–Crippen LogP) is 4.01. The standard InChI is InChI=1S/C25H23F3N8O3Se/c26-25(27,28)39-19-6-3-4-16(14-19)15-21(37)31-20-9-8-18(33-34-20)5-1-2-7-22-35-36-24(40-22)32-23(38)30-17-10-12-29-13-11-17/h3-4,6,8-14H,1-2,5,7,15H2,(H,31,34,37)(H2,29,30,32,36,38). The van der Waals surface area contributed by atoms with E-state index in [0.29, 0.717) is 22.4 Å². The monoisotopic (exact) mass is 620 g/mol. The van der Waals surface area contributed by atoms with Crippen LogP contribution in [0.1, 0.15) is 28.7 Å². The number of pyridine rings is 1. The van der Waals surface area contributed by atoms with Crippen LogP contribution in [0, 0.1) is 0 Å². The Bertz CT molecular complexity index is 1420. The summed E-state index contributed by atoms with van der Waals surface area (Å²) in [5.74, 6) is -0.599. The minimum absolute atomic E-state index is 0.151. The summed E-state index contributed by atoms with van der Waals surface area (Å²) in [5.41, 5.74) is 1.74. The molecule has 11 nitrogen and oxygen atoms in total. The zero-order valence-electron chi connectivity index (χ0n) is 20.8. The van der Waals surface area contributed by atoms with Gasteiger partial charge in [-0.2, -0.15) is 0 Å². The van der Waals surface area contributed by atoms with E-state index in [2.05, 4.69) is 46.1 Å². The summed E-state index contributed by atoms with van der Waals surface area (Å²) in [4.78, 5) is 28.2. The Hall–Kier alpha value is -4.36. The fourth-order valence-corrected chi connectivity index (χ4v) is 5.10. The third-order valence-electron chi connectivity index (χ3n) is 5.18. The number of halogens is 3. The number of urea groups is 1. The van der Waals surface area contributed by atoms with Crippen molar-refractivity contribution in [3.05, 3.63) is 76.7 Å². The van der Waals surface area contributed by atoms with Crippen LogP contribution in [0.3, 0.4) is 0 Å². The number of carbonyl (C=O) groups is 2. The Balaban J connectivity index is 1.15. The van der Waals surface area contributed by atoms with Gasteiger partial charge >= 0.3 is 179 Å². The Kier molecular flexibility index (Phi) is 9.76. The number of benzene rings is 1. The molecule has 4 rings (SSSR count). The molecule has 0 aliphatic heterocycles. The quantitative estimate of drug-likeness (QED) is 0.169. The number of hydrogen-bond donors (Lipinski definition) is 3. The molecule has 0 aliphatic rings. The number of anilines is 3. The van der Waals surface area contributed by atoms with E-state index >= 15 is 0 Å². The van der Waals surface area contributed by atoms with Crippen molar-refractivity contribution in [3.8, 4) is 5.75 Å². The summed E-state index contributed by atoms with van der Waals surface area (Å²) in [7, 11) is 0. The Labute approximate surface area is 232 Å². The maximum atomic E-state index is 12.4. The van der Waals surface area contributed by atoms with Gasteiger partial charge in [-0.25, -0.2) is 0 Å². The van der Waals surface area contributed by atoms with Gasteiger partial charge in [0.15, 0.2) is 0 Å². The van der Waals surface area contributed by atoms with Gasteiger partial charge in [-0.1, -0.05) is 12.1 Å². The molecule has 0 unspecified atom stereocenters. The summed E-state index contributed by atoms with van der Waals surface area (Å²) in [5, 5.41) is 24.3. The Morgan fingerprint density at radius 1 is 0.875 bits per heavy atom. The molecule has 0 bridgehead atoms. The molecule has 3 aromatic heterocycles. The molecular weight excluding hydrogens is 596 g/mol. The van der Waals surface area contributed by atoms with Gasteiger partial charge in [0.1, 0.15) is 5.75 Å². The molecule has 15 heteroatoms. The molecule has 208 valence electrons. The van der Waals surface area contributed by atoms with E-state index in [1.54, 1.807) is 36.7 Å². The molecule has 4 aromatic rings. The van der Waals surface area contributed by atoms with Crippen LogP contribution in [0.25, 0.3) is 0 Å². The third kappa shape index (κ3) is 9.75. The molecule has 1 aromatic carbocycles. The second-order valence-corrected chi connectivity index (χ2v) is 10.6. The number of nitrogens with zero attached hydrogens (tertiary/aromatic N) is 5. The molecule has 0 radical (unpaired) electrons. The number of alkyl halides is 3. The zero-order valence-corrected chi connectivity index (χ0v) is 22.5. The topological polar surface area (TPSA) is 144 Å². The van der Waals surface area contributed by atoms with Gasteiger partial charge in [-0.05, 0) is 17.7 Å². The van der Waals surface area contributed by atoms with Crippen molar-refractivity contribution < 1.29 is 27.5 Å². The maximum absolute atomic E-state index is 12.4. The average Bonchev–Trinajstić information content (AvgIpc) is 3.34.